The predicted molar refractivity (Wildman–Crippen MR) is 80.4 cm³/mol. The molecule has 2 aromatic rings. The van der Waals surface area contributed by atoms with Crippen LogP contribution >= 0.6 is 11.6 Å². The summed E-state index contributed by atoms with van der Waals surface area (Å²) in [6, 6.07) is 9.96. The first kappa shape index (κ1) is 13.8. The van der Waals surface area contributed by atoms with E-state index in [9.17, 15) is 0 Å². The third kappa shape index (κ3) is 3.46. The molecule has 1 aromatic heterocycles. The van der Waals surface area contributed by atoms with E-state index in [1.165, 1.54) is 5.56 Å². The molecule has 0 saturated carbocycles. The first-order chi connectivity index (χ1) is 9.10. The number of halogens is 1. The summed E-state index contributed by atoms with van der Waals surface area (Å²) in [7, 11) is 2.06. The van der Waals surface area contributed by atoms with Crippen molar-refractivity contribution >= 4 is 17.3 Å². The minimum atomic E-state index is 0.494. The second kappa shape index (κ2) is 6.04. The monoisotopic (exact) mass is 275 g/mol. The number of pyridine rings is 1. The van der Waals surface area contributed by atoms with E-state index < -0.39 is 0 Å². The van der Waals surface area contributed by atoms with Crippen molar-refractivity contribution in [1.29, 1.82) is 0 Å². The average Bonchev–Trinajstić information content (AvgIpc) is 2.41. The molecular weight excluding hydrogens is 258 g/mol. The number of nitrogens with zero attached hydrogens (tertiary/aromatic N) is 2. The zero-order chi connectivity index (χ0) is 13.8. The zero-order valence-corrected chi connectivity index (χ0v) is 12.0. The number of anilines is 1. The van der Waals surface area contributed by atoms with E-state index in [-0.39, 0.29) is 0 Å². The molecule has 100 valence electrons. The topological polar surface area (TPSA) is 42.1 Å². The molecular formula is C15H18ClN3. The van der Waals surface area contributed by atoms with Crippen LogP contribution in [0.3, 0.4) is 0 Å². The lowest BCUT2D eigenvalue weighted by Gasteiger charge is -2.22. The summed E-state index contributed by atoms with van der Waals surface area (Å²) in [6.45, 7) is 3.29. The van der Waals surface area contributed by atoms with E-state index in [0.29, 0.717) is 6.54 Å². The van der Waals surface area contributed by atoms with Crippen LogP contribution in [0.25, 0.3) is 0 Å². The number of rotatable bonds is 4. The van der Waals surface area contributed by atoms with Gasteiger partial charge in [-0.2, -0.15) is 0 Å². The summed E-state index contributed by atoms with van der Waals surface area (Å²) >= 11 is 5.90. The number of benzene rings is 1. The van der Waals surface area contributed by atoms with Gasteiger partial charge in [0.15, 0.2) is 0 Å². The maximum absolute atomic E-state index is 5.90. The third-order valence-corrected chi connectivity index (χ3v) is 3.31. The summed E-state index contributed by atoms with van der Waals surface area (Å²) < 4.78 is 0. The van der Waals surface area contributed by atoms with E-state index in [1.807, 2.05) is 37.4 Å². The average molecular weight is 276 g/mol. The van der Waals surface area contributed by atoms with Crippen molar-refractivity contribution in [2.45, 2.75) is 20.0 Å². The van der Waals surface area contributed by atoms with Crippen molar-refractivity contribution < 1.29 is 0 Å². The Kier molecular flexibility index (Phi) is 4.40. The van der Waals surface area contributed by atoms with Crippen molar-refractivity contribution in [2.75, 3.05) is 11.9 Å². The Bertz CT molecular complexity index is 552. The Balaban J connectivity index is 2.21. The molecule has 2 rings (SSSR count). The van der Waals surface area contributed by atoms with Crippen LogP contribution in [0.1, 0.15) is 16.8 Å². The van der Waals surface area contributed by atoms with Gasteiger partial charge in [-0.1, -0.05) is 23.7 Å². The van der Waals surface area contributed by atoms with Crippen LogP contribution in [0.2, 0.25) is 5.02 Å². The molecule has 3 nitrogen and oxygen atoms in total. The third-order valence-electron chi connectivity index (χ3n) is 3.06. The van der Waals surface area contributed by atoms with Crippen molar-refractivity contribution in [2.24, 2.45) is 5.73 Å². The van der Waals surface area contributed by atoms with E-state index in [1.54, 1.807) is 0 Å². The van der Waals surface area contributed by atoms with Gasteiger partial charge in [0.2, 0.25) is 0 Å². The molecule has 0 amide bonds. The molecule has 1 heterocycles. The summed E-state index contributed by atoms with van der Waals surface area (Å²) in [5, 5.41) is 0.758. The number of aryl methyl sites for hydroxylation is 1. The highest BCUT2D eigenvalue weighted by atomic mass is 35.5. The maximum Gasteiger partial charge on any atom is 0.0445 e. The lowest BCUT2D eigenvalue weighted by atomic mass is 10.1. The number of hydrogen-bond donors (Lipinski definition) is 1. The van der Waals surface area contributed by atoms with Gasteiger partial charge in [-0.05, 0) is 30.7 Å². The number of nitrogens with two attached hydrogens (primary N) is 1. The largest absolute Gasteiger partial charge is 0.370 e. The Hall–Kier alpha value is -1.58. The minimum absolute atomic E-state index is 0.494. The van der Waals surface area contributed by atoms with Crippen molar-refractivity contribution in [3.05, 3.63) is 58.4 Å². The van der Waals surface area contributed by atoms with Gasteiger partial charge in [0.1, 0.15) is 0 Å². The Morgan fingerprint density at radius 1 is 1.26 bits per heavy atom. The van der Waals surface area contributed by atoms with E-state index in [0.717, 1.165) is 28.5 Å². The molecule has 0 saturated heterocycles. The summed E-state index contributed by atoms with van der Waals surface area (Å²) in [6.07, 6.45) is 1.85. The summed E-state index contributed by atoms with van der Waals surface area (Å²) in [5.74, 6) is 0. The molecule has 1 aromatic carbocycles. The highest BCUT2D eigenvalue weighted by Crippen LogP contribution is 2.21. The second-order valence-corrected chi connectivity index (χ2v) is 5.08. The molecule has 0 fully saturated rings. The van der Waals surface area contributed by atoms with Gasteiger partial charge >= 0.3 is 0 Å². The molecule has 0 aliphatic heterocycles. The predicted octanol–water partition coefficient (Wildman–Crippen LogP) is 3.14. The smallest absolute Gasteiger partial charge is 0.0445 e. The molecule has 19 heavy (non-hydrogen) atoms. The van der Waals surface area contributed by atoms with Crippen molar-refractivity contribution in [3.63, 3.8) is 0 Å². The lowest BCUT2D eigenvalue weighted by molar-refractivity contribution is 0.895. The first-order valence-corrected chi connectivity index (χ1v) is 6.59. The number of hydrogen-bond acceptors (Lipinski definition) is 3. The fourth-order valence-corrected chi connectivity index (χ4v) is 2.16. The van der Waals surface area contributed by atoms with Crippen LogP contribution in [-0.2, 0) is 13.1 Å². The molecule has 0 aliphatic rings. The fraction of sp³-hybridized carbons (Fsp3) is 0.267. The molecule has 4 heteroatoms. The Labute approximate surface area is 119 Å². The van der Waals surface area contributed by atoms with Crippen LogP contribution in [-0.4, -0.2) is 12.0 Å². The van der Waals surface area contributed by atoms with Crippen LogP contribution in [0.15, 0.2) is 36.5 Å². The number of aromatic nitrogens is 1. The Morgan fingerprint density at radius 2 is 1.95 bits per heavy atom. The minimum Gasteiger partial charge on any atom is -0.370 e. The van der Waals surface area contributed by atoms with E-state index in [4.69, 9.17) is 17.3 Å². The summed E-state index contributed by atoms with van der Waals surface area (Å²) in [5.41, 5.74) is 10.2. The van der Waals surface area contributed by atoms with Gasteiger partial charge in [-0.25, -0.2) is 0 Å². The zero-order valence-electron chi connectivity index (χ0n) is 11.2. The maximum atomic E-state index is 5.90. The fourth-order valence-electron chi connectivity index (χ4n) is 2.04. The molecule has 0 aliphatic carbocycles. The quantitative estimate of drug-likeness (QED) is 0.932. The van der Waals surface area contributed by atoms with E-state index >= 15 is 0 Å². The molecule has 0 atom stereocenters. The van der Waals surface area contributed by atoms with Gasteiger partial charge in [0.05, 0.1) is 0 Å². The molecule has 0 bridgehead atoms. The van der Waals surface area contributed by atoms with Gasteiger partial charge in [-0.15, -0.1) is 0 Å². The van der Waals surface area contributed by atoms with Gasteiger partial charge in [-0.3, -0.25) is 4.98 Å². The summed E-state index contributed by atoms with van der Waals surface area (Å²) in [4.78, 5) is 6.47. The SMILES string of the molecule is Cc1cc(N(C)Cc2ccc(Cl)cc2)c(CN)cn1. The normalized spacial score (nSPS) is 10.5. The molecule has 0 spiro atoms. The van der Waals surface area contributed by atoms with Gasteiger partial charge in [0.25, 0.3) is 0 Å². The van der Waals surface area contributed by atoms with Crippen molar-refractivity contribution in [3.8, 4) is 0 Å². The molecule has 0 radical (unpaired) electrons. The second-order valence-electron chi connectivity index (χ2n) is 4.64. The Morgan fingerprint density at radius 3 is 2.58 bits per heavy atom. The first-order valence-electron chi connectivity index (χ1n) is 6.21. The van der Waals surface area contributed by atoms with E-state index in [2.05, 4.69) is 23.0 Å². The van der Waals surface area contributed by atoms with Crippen LogP contribution in [0.5, 0.6) is 0 Å². The molecule has 0 unspecified atom stereocenters. The highest BCUT2D eigenvalue weighted by molar-refractivity contribution is 6.30. The van der Waals surface area contributed by atoms with Crippen LogP contribution in [0, 0.1) is 6.92 Å². The van der Waals surface area contributed by atoms with Crippen LogP contribution < -0.4 is 10.6 Å². The standard InChI is InChI=1S/C15H18ClN3/c1-11-7-15(13(8-17)9-18-11)19(2)10-12-3-5-14(16)6-4-12/h3-7,9H,8,10,17H2,1-2H3. The van der Waals surface area contributed by atoms with Gasteiger partial charge in [0, 0.05) is 48.3 Å². The van der Waals surface area contributed by atoms with Crippen LogP contribution in [0.4, 0.5) is 5.69 Å². The molecule has 2 N–H and O–H groups in total. The highest BCUT2D eigenvalue weighted by Gasteiger charge is 2.08. The van der Waals surface area contributed by atoms with Crippen molar-refractivity contribution in [1.82, 2.24) is 4.98 Å². The van der Waals surface area contributed by atoms with Gasteiger partial charge < -0.3 is 10.6 Å². The lowest BCUT2D eigenvalue weighted by Crippen LogP contribution is -2.19.